The minimum Gasteiger partial charge on any atom is -0.454 e. The fourth-order valence-electron chi connectivity index (χ4n) is 3.50. The van der Waals surface area contributed by atoms with Crippen molar-refractivity contribution in [1.29, 1.82) is 0 Å². The fourth-order valence-corrected chi connectivity index (χ4v) is 3.50. The van der Waals surface area contributed by atoms with Crippen molar-refractivity contribution >= 4 is 17.7 Å². The maximum absolute atomic E-state index is 12.5. The number of carbonyl (C=O) groups excluding carboxylic acids is 3. The second kappa shape index (κ2) is 7.74. The predicted molar refractivity (Wildman–Crippen MR) is 95.1 cm³/mol. The molecule has 6 nitrogen and oxygen atoms in total. The summed E-state index contributed by atoms with van der Waals surface area (Å²) in [5.74, 6) is -1.94. The highest BCUT2D eigenvalue weighted by molar-refractivity contribution is 5.93. The monoisotopic (exact) mass is 364 g/mol. The molecule has 0 radical (unpaired) electrons. The van der Waals surface area contributed by atoms with Crippen LogP contribution in [0.1, 0.15) is 53.4 Å². The Morgan fingerprint density at radius 3 is 2.69 bits per heavy atom. The van der Waals surface area contributed by atoms with E-state index in [0.717, 1.165) is 0 Å². The van der Waals surface area contributed by atoms with Crippen LogP contribution in [0.15, 0.2) is 23.8 Å². The highest BCUT2D eigenvalue weighted by Gasteiger charge is 2.52. The van der Waals surface area contributed by atoms with Gasteiger partial charge in [0.05, 0.1) is 0 Å². The Hall–Kier alpha value is -1.95. The lowest BCUT2D eigenvalue weighted by molar-refractivity contribution is -0.185. The van der Waals surface area contributed by atoms with Gasteiger partial charge in [-0.2, -0.15) is 0 Å². The van der Waals surface area contributed by atoms with Gasteiger partial charge in [-0.3, -0.25) is 4.79 Å². The van der Waals surface area contributed by atoms with E-state index in [-0.39, 0.29) is 23.7 Å². The maximum Gasteiger partial charge on any atom is 0.334 e. The summed E-state index contributed by atoms with van der Waals surface area (Å²) in [4.78, 5) is 36.9. The molecule has 0 bridgehead atoms. The fraction of sp³-hybridized carbons (Fsp3) is 0.650. The van der Waals surface area contributed by atoms with Crippen molar-refractivity contribution in [1.82, 2.24) is 0 Å². The SMILES string of the molecule is C=C1C(=O)O[C@@H]2[C@@H]1CC(=O)[C@@H](C)CCC[C@@](C)(O)[C@H]2OC(=O)/C(C)=C\C. The molecule has 2 aliphatic rings. The number of allylic oxidation sites excluding steroid dienone is 1. The van der Waals surface area contributed by atoms with E-state index in [1.807, 2.05) is 6.92 Å². The molecule has 1 heterocycles. The van der Waals surface area contributed by atoms with Crippen LogP contribution in [0.5, 0.6) is 0 Å². The molecule has 6 heteroatoms. The van der Waals surface area contributed by atoms with Gasteiger partial charge in [0.2, 0.25) is 0 Å². The molecule has 0 amide bonds. The average molecular weight is 364 g/mol. The Morgan fingerprint density at radius 2 is 2.08 bits per heavy atom. The molecule has 5 atom stereocenters. The highest BCUT2D eigenvalue weighted by atomic mass is 16.6. The van der Waals surface area contributed by atoms with Gasteiger partial charge in [-0.25, -0.2) is 9.59 Å². The largest absolute Gasteiger partial charge is 0.454 e. The molecule has 0 aromatic rings. The number of aliphatic hydroxyl groups is 1. The van der Waals surface area contributed by atoms with Crippen LogP contribution in [-0.4, -0.2) is 40.6 Å². The van der Waals surface area contributed by atoms with Crippen LogP contribution in [0, 0.1) is 11.8 Å². The van der Waals surface area contributed by atoms with E-state index < -0.39 is 35.7 Å². The minimum absolute atomic E-state index is 0.0238. The molecular formula is C20H28O6. The number of esters is 2. The molecule has 0 spiro atoms. The van der Waals surface area contributed by atoms with E-state index in [9.17, 15) is 19.5 Å². The summed E-state index contributed by atoms with van der Waals surface area (Å²) >= 11 is 0. The molecule has 1 N–H and O–H groups in total. The van der Waals surface area contributed by atoms with Crippen molar-refractivity contribution in [3.63, 3.8) is 0 Å². The van der Waals surface area contributed by atoms with Crippen molar-refractivity contribution in [2.75, 3.05) is 0 Å². The van der Waals surface area contributed by atoms with Crippen molar-refractivity contribution in [2.24, 2.45) is 11.8 Å². The molecule has 2 rings (SSSR count). The van der Waals surface area contributed by atoms with Gasteiger partial charge in [-0.1, -0.05) is 19.6 Å². The number of fused-ring (bicyclic) bond motifs is 1. The number of rotatable bonds is 2. The average Bonchev–Trinajstić information content (AvgIpc) is 2.85. The number of ether oxygens (including phenoxy) is 2. The van der Waals surface area contributed by atoms with Crippen LogP contribution < -0.4 is 0 Å². The Morgan fingerprint density at radius 1 is 1.42 bits per heavy atom. The van der Waals surface area contributed by atoms with E-state index >= 15 is 0 Å². The summed E-state index contributed by atoms with van der Waals surface area (Å²) in [6.07, 6.45) is 1.26. The normalized spacial score (nSPS) is 36.3. The molecule has 0 unspecified atom stereocenters. The summed E-state index contributed by atoms with van der Waals surface area (Å²) in [6, 6.07) is 0. The first-order valence-electron chi connectivity index (χ1n) is 9.07. The summed E-state index contributed by atoms with van der Waals surface area (Å²) in [7, 11) is 0. The summed E-state index contributed by atoms with van der Waals surface area (Å²) in [5, 5.41) is 11.0. The first-order valence-corrected chi connectivity index (χ1v) is 9.07. The number of hydrogen-bond acceptors (Lipinski definition) is 6. The third kappa shape index (κ3) is 4.06. The first-order chi connectivity index (χ1) is 12.1. The highest BCUT2D eigenvalue weighted by Crippen LogP contribution is 2.39. The third-order valence-corrected chi connectivity index (χ3v) is 5.54. The van der Waals surface area contributed by atoms with Crippen molar-refractivity contribution in [3.8, 4) is 0 Å². The lowest BCUT2D eigenvalue weighted by Gasteiger charge is -2.38. The molecule has 1 saturated carbocycles. The van der Waals surface area contributed by atoms with Crippen LogP contribution in [0.4, 0.5) is 0 Å². The van der Waals surface area contributed by atoms with Crippen molar-refractivity contribution in [2.45, 2.75) is 71.2 Å². The molecule has 1 aliphatic carbocycles. The standard InChI is InChI=1S/C20H28O6/c1-6-11(2)18(22)26-17-16-14(13(4)19(23)25-16)10-15(21)12(3)8-7-9-20(17,5)24/h6,12,14,16-17,24H,4,7-10H2,1-3,5H3/b11-6-/t12-,14+,16+,17-,20+/m0/s1. The lowest BCUT2D eigenvalue weighted by atomic mass is 9.77. The van der Waals surface area contributed by atoms with Crippen LogP contribution >= 0.6 is 0 Å². The molecular weight excluding hydrogens is 336 g/mol. The van der Waals surface area contributed by atoms with Gasteiger partial charge in [0, 0.05) is 29.4 Å². The number of ketones is 1. The second-order valence-corrected chi connectivity index (χ2v) is 7.62. The van der Waals surface area contributed by atoms with E-state index in [0.29, 0.717) is 24.8 Å². The van der Waals surface area contributed by atoms with Gasteiger partial charge in [-0.05, 0) is 40.0 Å². The summed E-state index contributed by atoms with van der Waals surface area (Å²) < 4.78 is 11.0. The van der Waals surface area contributed by atoms with Crippen LogP contribution in [0.3, 0.4) is 0 Å². The Bertz CT molecular complexity index is 645. The number of carbonyl (C=O) groups is 3. The van der Waals surface area contributed by atoms with E-state index in [4.69, 9.17) is 9.47 Å². The number of Topliss-reactive ketones (excluding diaryl/α,β-unsaturated/α-hetero) is 1. The van der Waals surface area contributed by atoms with Gasteiger partial charge < -0.3 is 14.6 Å². The molecule has 144 valence electrons. The zero-order valence-electron chi connectivity index (χ0n) is 15.9. The maximum atomic E-state index is 12.5. The molecule has 26 heavy (non-hydrogen) atoms. The summed E-state index contributed by atoms with van der Waals surface area (Å²) in [5.41, 5.74) is -0.810. The smallest absolute Gasteiger partial charge is 0.334 e. The van der Waals surface area contributed by atoms with Gasteiger partial charge in [0.1, 0.15) is 17.5 Å². The first kappa shape index (κ1) is 20.4. The molecule has 0 aromatic heterocycles. The van der Waals surface area contributed by atoms with Crippen LogP contribution in [0.2, 0.25) is 0 Å². The van der Waals surface area contributed by atoms with Crippen molar-refractivity contribution in [3.05, 3.63) is 23.8 Å². The quantitative estimate of drug-likeness (QED) is 0.598. The zero-order valence-corrected chi connectivity index (χ0v) is 15.9. The Labute approximate surface area is 154 Å². The Balaban J connectivity index is 2.42. The minimum atomic E-state index is -1.39. The van der Waals surface area contributed by atoms with Crippen LogP contribution in [0.25, 0.3) is 0 Å². The third-order valence-electron chi connectivity index (χ3n) is 5.54. The second-order valence-electron chi connectivity index (χ2n) is 7.62. The Kier molecular flexibility index (Phi) is 6.06. The molecule has 1 aliphatic heterocycles. The van der Waals surface area contributed by atoms with Gasteiger partial charge >= 0.3 is 11.9 Å². The van der Waals surface area contributed by atoms with E-state index in [1.165, 1.54) is 0 Å². The number of hydrogen-bond donors (Lipinski definition) is 1. The molecule has 1 saturated heterocycles. The lowest BCUT2D eigenvalue weighted by Crippen LogP contribution is -2.52. The van der Waals surface area contributed by atoms with Gasteiger partial charge in [0.15, 0.2) is 6.10 Å². The van der Waals surface area contributed by atoms with E-state index in [2.05, 4.69) is 6.58 Å². The molecule has 0 aromatic carbocycles. The van der Waals surface area contributed by atoms with E-state index in [1.54, 1.807) is 26.8 Å². The zero-order chi connectivity index (χ0) is 19.6. The predicted octanol–water partition coefficient (Wildman–Crippen LogP) is 2.49. The molecule has 2 fully saturated rings. The topological polar surface area (TPSA) is 89.9 Å². The van der Waals surface area contributed by atoms with Crippen molar-refractivity contribution < 1.29 is 29.0 Å². The summed E-state index contributed by atoms with van der Waals surface area (Å²) in [6.45, 7) is 10.5. The van der Waals surface area contributed by atoms with Gasteiger partial charge in [0.25, 0.3) is 0 Å². The van der Waals surface area contributed by atoms with Crippen LogP contribution in [-0.2, 0) is 23.9 Å². The van der Waals surface area contributed by atoms with Gasteiger partial charge in [-0.15, -0.1) is 0 Å².